The van der Waals surface area contributed by atoms with Crippen LogP contribution in [0.5, 0.6) is 0 Å². The number of hydrogen-bond donors (Lipinski definition) is 0. The van der Waals surface area contributed by atoms with Crippen molar-refractivity contribution in [1.29, 1.82) is 0 Å². The Morgan fingerprint density at radius 3 is 1.95 bits per heavy atom. The van der Waals surface area contributed by atoms with Gasteiger partial charge in [-0.15, -0.1) is 0 Å². The molecule has 4 aromatic rings. The normalized spacial score (nSPS) is 10.7. The van der Waals surface area contributed by atoms with Crippen LogP contribution in [0.15, 0.2) is 91.1 Å². The zero-order valence-corrected chi connectivity index (χ0v) is 12.1. The topological polar surface area (TPSA) is 12.9 Å². The fraction of sp³-hybridized carbons (Fsp3) is 0. The summed E-state index contributed by atoms with van der Waals surface area (Å²) in [5.74, 6) is 0. The third-order valence-electron chi connectivity index (χ3n) is 3.93. The van der Waals surface area contributed by atoms with E-state index in [4.69, 9.17) is 0 Å². The lowest BCUT2D eigenvalue weighted by Gasteiger charge is -2.08. The third kappa shape index (κ3) is 2.27. The summed E-state index contributed by atoms with van der Waals surface area (Å²) in [5, 5.41) is 1.19. The first-order chi connectivity index (χ1) is 10.9. The van der Waals surface area contributed by atoms with Gasteiger partial charge in [0, 0.05) is 11.6 Å². The van der Waals surface area contributed by atoms with Crippen molar-refractivity contribution < 1.29 is 0 Å². The van der Waals surface area contributed by atoms with E-state index in [1.54, 1.807) is 0 Å². The molecule has 0 spiro atoms. The van der Waals surface area contributed by atoms with Crippen LogP contribution in [0, 0.1) is 0 Å². The molecule has 1 aromatic heterocycles. The first kappa shape index (κ1) is 12.8. The summed E-state index contributed by atoms with van der Waals surface area (Å²) in [5.41, 5.74) is 5.90. The molecule has 3 aromatic carbocycles. The van der Waals surface area contributed by atoms with Gasteiger partial charge in [0.1, 0.15) is 0 Å². The number of nitrogens with zero attached hydrogens (tertiary/aromatic N) is 1. The zero-order valence-electron chi connectivity index (χ0n) is 12.1. The molecule has 0 amide bonds. The van der Waals surface area contributed by atoms with Gasteiger partial charge in [-0.3, -0.25) is 4.98 Å². The van der Waals surface area contributed by atoms with Crippen LogP contribution in [0.3, 0.4) is 0 Å². The fourth-order valence-corrected chi connectivity index (χ4v) is 2.83. The highest BCUT2D eigenvalue weighted by molar-refractivity contribution is 5.96. The van der Waals surface area contributed by atoms with E-state index in [0.29, 0.717) is 0 Å². The molecule has 0 unspecified atom stereocenters. The van der Waals surface area contributed by atoms with Gasteiger partial charge in [0.05, 0.1) is 5.52 Å². The van der Waals surface area contributed by atoms with E-state index in [1.807, 2.05) is 18.3 Å². The SMILES string of the molecule is c1ccc(-c2ccc3c(-c4ccccc4)ccnc3c2)cc1. The quantitative estimate of drug-likeness (QED) is 0.468. The van der Waals surface area contributed by atoms with E-state index in [0.717, 1.165) is 5.52 Å². The highest BCUT2D eigenvalue weighted by Gasteiger charge is 2.06. The molecule has 0 radical (unpaired) electrons. The van der Waals surface area contributed by atoms with Crippen molar-refractivity contribution in [3.63, 3.8) is 0 Å². The molecule has 0 N–H and O–H groups in total. The van der Waals surface area contributed by atoms with Crippen molar-refractivity contribution in [2.45, 2.75) is 0 Å². The van der Waals surface area contributed by atoms with E-state index < -0.39 is 0 Å². The molecule has 0 aliphatic carbocycles. The first-order valence-electron chi connectivity index (χ1n) is 7.41. The van der Waals surface area contributed by atoms with E-state index in [-0.39, 0.29) is 0 Å². The second kappa shape index (κ2) is 5.45. The van der Waals surface area contributed by atoms with Crippen LogP contribution in [-0.2, 0) is 0 Å². The van der Waals surface area contributed by atoms with Gasteiger partial charge in [-0.05, 0) is 34.4 Å². The van der Waals surface area contributed by atoms with Crippen LogP contribution < -0.4 is 0 Å². The van der Waals surface area contributed by atoms with Gasteiger partial charge in [-0.25, -0.2) is 0 Å². The van der Waals surface area contributed by atoms with Crippen LogP contribution in [-0.4, -0.2) is 4.98 Å². The van der Waals surface area contributed by atoms with Crippen LogP contribution >= 0.6 is 0 Å². The number of pyridine rings is 1. The predicted octanol–water partition coefficient (Wildman–Crippen LogP) is 5.57. The molecule has 0 fully saturated rings. The van der Waals surface area contributed by atoms with Gasteiger partial charge in [-0.2, -0.15) is 0 Å². The van der Waals surface area contributed by atoms with Crippen molar-refractivity contribution in [2.24, 2.45) is 0 Å². The lowest BCUT2D eigenvalue weighted by atomic mass is 9.98. The maximum absolute atomic E-state index is 4.55. The molecule has 0 aliphatic heterocycles. The second-order valence-electron chi connectivity index (χ2n) is 5.32. The number of aromatic nitrogens is 1. The van der Waals surface area contributed by atoms with E-state index in [1.165, 1.54) is 27.6 Å². The molecule has 1 heterocycles. The van der Waals surface area contributed by atoms with Crippen molar-refractivity contribution >= 4 is 10.9 Å². The summed E-state index contributed by atoms with van der Waals surface area (Å²) in [6, 6.07) is 29.5. The Balaban J connectivity index is 1.90. The Labute approximate surface area is 129 Å². The molecule has 1 nitrogen and oxygen atoms in total. The summed E-state index contributed by atoms with van der Waals surface area (Å²) >= 11 is 0. The number of rotatable bonds is 2. The largest absolute Gasteiger partial charge is 0.256 e. The van der Waals surface area contributed by atoms with Gasteiger partial charge in [0.25, 0.3) is 0 Å². The van der Waals surface area contributed by atoms with Gasteiger partial charge in [0.15, 0.2) is 0 Å². The minimum absolute atomic E-state index is 1.03. The molecule has 0 atom stereocenters. The molecular weight excluding hydrogens is 266 g/mol. The second-order valence-corrected chi connectivity index (χ2v) is 5.32. The van der Waals surface area contributed by atoms with Crippen LogP contribution in [0.2, 0.25) is 0 Å². The number of fused-ring (bicyclic) bond motifs is 1. The molecule has 0 saturated heterocycles. The summed E-state index contributed by atoms with van der Waals surface area (Å²) in [7, 11) is 0. The average Bonchev–Trinajstić information content (AvgIpc) is 2.62. The summed E-state index contributed by atoms with van der Waals surface area (Å²) < 4.78 is 0. The summed E-state index contributed by atoms with van der Waals surface area (Å²) in [6.07, 6.45) is 1.89. The van der Waals surface area contributed by atoms with Crippen molar-refractivity contribution in [3.05, 3.63) is 91.1 Å². The van der Waals surface area contributed by atoms with Crippen molar-refractivity contribution in [3.8, 4) is 22.3 Å². The Hall–Kier alpha value is -2.93. The Kier molecular flexibility index (Phi) is 3.17. The number of benzene rings is 3. The average molecular weight is 281 g/mol. The summed E-state index contributed by atoms with van der Waals surface area (Å²) in [6.45, 7) is 0. The molecule has 1 heteroatoms. The molecule has 0 bridgehead atoms. The van der Waals surface area contributed by atoms with Gasteiger partial charge >= 0.3 is 0 Å². The van der Waals surface area contributed by atoms with E-state index in [2.05, 4.69) is 77.8 Å². The fourth-order valence-electron chi connectivity index (χ4n) is 2.83. The van der Waals surface area contributed by atoms with Crippen LogP contribution in [0.1, 0.15) is 0 Å². The van der Waals surface area contributed by atoms with E-state index >= 15 is 0 Å². The van der Waals surface area contributed by atoms with E-state index in [9.17, 15) is 0 Å². The lowest BCUT2D eigenvalue weighted by molar-refractivity contribution is 1.41. The molecule has 0 saturated carbocycles. The van der Waals surface area contributed by atoms with Crippen molar-refractivity contribution in [2.75, 3.05) is 0 Å². The standard InChI is InChI=1S/C21H15N/c1-3-7-16(8-4-1)18-11-12-20-19(13-14-22-21(20)15-18)17-9-5-2-6-10-17/h1-15H. The Morgan fingerprint density at radius 1 is 0.545 bits per heavy atom. The molecule has 0 aliphatic rings. The smallest absolute Gasteiger partial charge is 0.0714 e. The summed E-state index contributed by atoms with van der Waals surface area (Å²) in [4.78, 5) is 4.55. The number of hydrogen-bond acceptors (Lipinski definition) is 1. The zero-order chi connectivity index (χ0) is 14.8. The van der Waals surface area contributed by atoms with Crippen LogP contribution in [0.4, 0.5) is 0 Å². The highest BCUT2D eigenvalue weighted by atomic mass is 14.6. The van der Waals surface area contributed by atoms with Gasteiger partial charge in [0.2, 0.25) is 0 Å². The maximum Gasteiger partial charge on any atom is 0.0714 e. The minimum atomic E-state index is 1.03. The Bertz CT molecular complexity index is 912. The van der Waals surface area contributed by atoms with Gasteiger partial charge in [-0.1, -0.05) is 72.8 Å². The Morgan fingerprint density at radius 2 is 1.23 bits per heavy atom. The molecule has 4 rings (SSSR count). The molecular formula is C21H15N. The lowest BCUT2D eigenvalue weighted by Crippen LogP contribution is -1.85. The molecule has 22 heavy (non-hydrogen) atoms. The predicted molar refractivity (Wildman–Crippen MR) is 92.6 cm³/mol. The minimum Gasteiger partial charge on any atom is -0.256 e. The van der Waals surface area contributed by atoms with Crippen LogP contribution in [0.25, 0.3) is 33.2 Å². The first-order valence-corrected chi connectivity index (χ1v) is 7.41. The highest BCUT2D eigenvalue weighted by Crippen LogP contribution is 2.30. The van der Waals surface area contributed by atoms with Crippen molar-refractivity contribution in [1.82, 2.24) is 4.98 Å². The monoisotopic (exact) mass is 281 g/mol. The molecule has 104 valence electrons. The maximum atomic E-state index is 4.55. The third-order valence-corrected chi connectivity index (χ3v) is 3.93. The van der Waals surface area contributed by atoms with Gasteiger partial charge < -0.3 is 0 Å².